The van der Waals surface area contributed by atoms with Crippen molar-refractivity contribution in [3.05, 3.63) is 51.4 Å². The van der Waals surface area contributed by atoms with E-state index in [1.165, 1.54) is 7.11 Å². The molecule has 0 saturated carbocycles. The zero-order chi connectivity index (χ0) is 17.3. The van der Waals surface area contributed by atoms with Gasteiger partial charge in [0.05, 0.1) is 12.7 Å². The van der Waals surface area contributed by atoms with Gasteiger partial charge in [0.2, 0.25) is 5.78 Å². The van der Waals surface area contributed by atoms with Gasteiger partial charge in [-0.05, 0) is 43.0 Å². The maximum absolute atomic E-state index is 12.4. The molecule has 0 saturated heterocycles. The van der Waals surface area contributed by atoms with Crippen molar-refractivity contribution in [1.29, 1.82) is 0 Å². The van der Waals surface area contributed by atoms with E-state index in [1.807, 2.05) is 18.4 Å². The highest BCUT2D eigenvalue weighted by Gasteiger charge is 2.28. The van der Waals surface area contributed by atoms with Crippen LogP contribution in [-0.2, 0) is 9.53 Å². The number of carbonyl (C=O) groups excluding carboxylic acids is 2. The summed E-state index contributed by atoms with van der Waals surface area (Å²) in [5.41, 5.74) is 1.57. The van der Waals surface area contributed by atoms with Crippen LogP contribution in [0.5, 0.6) is 11.5 Å². The van der Waals surface area contributed by atoms with Crippen LogP contribution in [0.4, 0.5) is 0 Å². The maximum atomic E-state index is 12.4. The average Bonchev–Trinajstić information content (AvgIpc) is 3.11. The molecule has 0 spiro atoms. The molecule has 0 unspecified atom stereocenters. The molecule has 2 aromatic rings. The van der Waals surface area contributed by atoms with Gasteiger partial charge < -0.3 is 14.2 Å². The number of methoxy groups -OCH3 is 1. The van der Waals surface area contributed by atoms with Crippen LogP contribution in [0, 0.1) is 6.92 Å². The quantitative estimate of drug-likeness (QED) is 0.626. The first kappa shape index (κ1) is 16.3. The van der Waals surface area contributed by atoms with E-state index in [0.29, 0.717) is 17.1 Å². The Bertz CT molecular complexity index is 834. The van der Waals surface area contributed by atoms with Crippen LogP contribution in [0.15, 0.2) is 35.4 Å². The smallest absolute Gasteiger partial charge is 0.346 e. The van der Waals surface area contributed by atoms with Crippen LogP contribution in [0.2, 0.25) is 0 Å². The molecule has 1 aromatic heterocycles. The van der Waals surface area contributed by atoms with E-state index in [4.69, 9.17) is 9.47 Å². The lowest BCUT2D eigenvalue weighted by Crippen LogP contribution is -2.24. The van der Waals surface area contributed by atoms with Crippen molar-refractivity contribution >= 4 is 29.2 Å². The third-order valence-electron chi connectivity index (χ3n) is 3.65. The van der Waals surface area contributed by atoms with E-state index in [0.717, 1.165) is 10.4 Å². The predicted octanol–water partition coefficient (Wildman–Crippen LogP) is 3.61. The molecular formula is C18H16O5S. The lowest BCUT2D eigenvalue weighted by Gasteiger charge is -2.12. The monoisotopic (exact) mass is 344 g/mol. The molecule has 1 aliphatic rings. The van der Waals surface area contributed by atoms with Crippen molar-refractivity contribution in [2.24, 2.45) is 0 Å². The molecule has 1 aromatic carbocycles. The van der Waals surface area contributed by atoms with E-state index >= 15 is 0 Å². The predicted molar refractivity (Wildman–Crippen MR) is 90.5 cm³/mol. The second kappa shape index (κ2) is 6.49. The van der Waals surface area contributed by atoms with E-state index in [2.05, 4.69) is 4.74 Å². The number of ketones is 1. The fourth-order valence-electron chi connectivity index (χ4n) is 2.31. The van der Waals surface area contributed by atoms with Crippen LogP contribution in [0.1, 0.15) is 27.7 Å². The number of fused-ring (bicyclic) bond motifs is 1. The van der Waals surface area contributed by atoms with Crippen LogP contribution >= 0.6 is 11.3 Å². The normalized spacial score (nSPS) is 15.8. The van der Waals surface area contributed by atoms with Crippen LogP contribution in [-0.4, -0.2) is 25.0 Å². The second-order valence-corrected chi connectivity index (χ2v) is 6.30. The molecule has 0 fully saturated rings. The lowest BCUT2D eigenvalue weighted by atomic mass is 10.1. The minimum absolute atomic E-state index is 0.162. The number of hydrogen-bond donors (Lipinski definition) is 0. The van der Waals surface area contributed by atoms with Gasteiger partial charge in [-0.15, -0.1) is 11.3 Å². The molecular weight excluding hydrogens is 328 g/mol. The molecule has 2 heterocycles. The number of aryl methyl sites for hydroxylation is 1. The molecule has 124 valence electrons. The molecule has 6 heteroatoms. The highest BCUT2D eigenvalue weighted by molar-refractivity contribution is 7.11. The maximum Gasteiger partial charge on any atom is 0.346 e. The number of thiophene rings is 1. The van der Waals surface area contributed by atoms with Crippen molar-refractivity contribution in [3.8, 4) is 11.5 Å². The molecule has 0 bridgehead atoms. The van der Waals surface area contributed by atoms with Crippen LogP contribution < -0.4 is 9.47 Å². The Morgan fingerprint density at radius 2 is 2.12 bits per heavy atom. The summed E-state index contributed by atoms with van der Waals surface area (Å²) >= 11 is 1.55. The van der Waals surface area contributed by atoms with Gasteiger partial charge in [-0.3, -0.25) is 4.79 Å². The third kappa shape index (κ3) is 3.05. The van der Waals surface area contributed by atoms with Crippen molar-refractivity contribution < 1.29 is 23.8 Å². The van der Waals surface area contributed by atoms with Gasteiger partial charge in [0, 0.05) is 17.0 Å². The minimum Gasteiger partial charge on any atom is -0.479 e. The molecule has 0 radical (unpaired) electrons. The topological polar surface area (TPSA) is 61.8 Å². The SMILES string of the molecule is COC(=O)[C@@H](C)Oc1ccc2c(c1)OC(=Cc1sccc1C)C2=O. The summed E-state index contributed by atoms with van der Waals surface area (Å²) in [5, 5.41) is 1.97. The molecule has 0 amide bonds. The highest BCUT2D eigenvalue weighted by Crippen LogP contribution is 2.35. The molecule has 1 aliphatic heterocycles. The summed E-state index contributed by atoms with van der Waals surface area (Å²) in [7, 11) is 1.30. The van der Waals surface area contributed by atoms with Crippen LogP contribution in [0.3, 0.4) is 0 Å². The second-order valence-electron chi connectivity index (χ2n) is 5.35. The Morgan fingerprint density at radius 3 is 2.79 bits per heavy atom. The Morgan fingerprint density at radius 1 is 1.33 bits per heavy atom. The highest BCUT2D eigenvalue weighted by atomic mass is 32.1. The Labute approximate surface area is 143 Å². The van der Waals surface area contributed by atoms with E-state index in [1.54, 1.807) is 42.5 Å². The number of esters is 1. The minimum atomic E-state index is -0.742. The number of benzene rings is 1. The number of hydrogen-bond acceptors (Lipinski definition) is 6. The number of rotatable bonds is 4. The lowest BCUT2D eigenvalue weighted by molar-refractivity contribution is -0.147. The van der Waals surface area contributed by atoms with Crippen molar-refractivity contribution in [1.82, 2.24) is 0 Å². The van der Waals surface area contributed by atoms with Gasteiger partial charge in [0.15, 0.2) is 11.9 Å². The van der Waals surface area contributed by atoms with Crippen LogP contribution in [0.25, 0.3) is 6.08 Å². The number of ether oxygens (including phenoxy) is 3. The molecule has 0 aliphatic carbocycles. The third-order valence-corrected chi connectivity index (χ3v) is 4.62. The first-order chi connectivity index (χ1) is 11.5. The summed E-state index contributed by atoms with van der Waals surface area (Å²) in [5.74, 6) is 0.517. The fraction of sp³-hybridized carbons (Fsp3) is 0.222. The molecule has 3 rings (SSSR count). The first-order valence-corrected chi connectivity index (χ1v) is 8.24. The summed E-state index contributed by atoms with van der Waals surface area (Å²) in [6.45, 7) is 3.57. The Hall–Kier alpha value is -2.60. The number of allylic oxidation sites excluding steroid dienone is 1. The average molecular weight is 344 g/mol. The summed E-state index contributed by atoms with van der Waals surface area (Å²) in [6, 6.07) is 6.87. The summed E-state index contributed by atoms with van der Waals surface area (Å²) in [4.78, 5) is 24.8. The van der Waals surface area contributed by atoms with Gasteiger partial charge in [-0.2, -0.15) is 0 Å². The standard InChI is InChI=1S/C18H16O5S/c1-10-6-7-24-16(10)9-15-17(19)13-5-4-12(8-14(13)23-15)22-11(2)18(20)21-3/h4-9,11H,1-3H3/t11-/m1/s1. The number of Topliss-reactive ketones (excluding diaryl/α,β-unsaturated/α-hetero) is 1. The molecule has 0 N–H and O–H groups in total. The zero-order valence-electron chi connectivity index (χ0n) is 13.5. The van der Waals surface area contributed by atoms with Crippen molar-refractivity contribution in [2.45, 2.75) is 20.0 Å². The van der Waals surface area contributed by atoms with E-state index in [-0.39, 0.29) is 11.5 Å². The largest absolute Gasteiger partial charge is 0.479 e. The number of carbonyl (C=O) groups is 2. The Balaban J connectivity index is 1.83. The molecule has 24 heavy (non-hydrogen) atoms. The van der Waals surface area contributed by atoms with Gasteiger partial charge in [0.25, 0.3) is 0 Å². The summed E-state index contributed by atoms with van der Waals surface area (Å²) in [6.07, 6.45) is 1.01. The summed E-state index contributed by atoms with van der Waals surface area (Å²) < 4.78 is 15.8. The first-order valence-electron chi connectivity index (χ1n) is 7.36. The van der Waals surface area contributed by atoms with E-state index < -0.39 is 12.1 Å². The van der Waals surface area contributed by atoms with Crippen molar-refractivity contribution in [3.63, 3.8) is 0 Å². The van der Waals surface area contributed by atoms with Gasteiger partial charge in [-0.25, -0.2) is 4.79 Å². The Kier molecular flexibility index (Phi) is 4.40. The molecule has 5 nitrogen and oxygen atoms in total. The van der Waals surface area contributed by atoms with Gasteiger partial charge in [-0.1, -0.05) is 0 Å². The van der Waals surface area contributed by atoms with Crippen molar-refractivity contribution in [2.75, 3.05) is 7.11 Å². The van der Waals surface area contributed by atoms with E-state index in [9.17, 15) is 9.59 Å². The molecule has 1 atom stereocenters. The van der Waals surface area contributed by atoms with Gasteiger partial charge >= 0.3 is 5.97 Å². The van der Waals surface area contributed by atoms with Gasteiger partial charge in [0.1, 0.15) is 11.5 Å². The zero-order valence-corrected chi connectivity index (χ0v) is 14.3. The fourth-order valence-corrected chi connectivity index (χ4v) is 3.16.